The van der Waals surface area contributed by atoms with Crippen molar-refractivity contribution in [2.45, 2.75) is 40.0 Å². The van der Waals surface area contributed by atoms with Gasteiger partial charge in [-0.25, -0.2) is 0 Å². The van der Waals surface area contributed by atoms with Crippen LogP contribution in [-0.2, 0) is 10.2 Å². The topological polar surface area (TPSA) is 38.3 Å². The second kappa shape index (κ2) is 7.79. The summed E-state index contributed by atoms with van der Waals surface area (Å²) in [5.41, 5.74) is 3.83. The molecule has 25 heavy (non-hydrogen) atoms. The minimum Gasteiger partial charge on any atom is -0.484 e. The standard InChI is InChI=1S/C20H23BrClNO2/c1-12-8-15(9-13(2)19(12)22)25-11-18(24)23-17-7-6-14(10-16(17)21)20(3,4)5/h6-10H,11H2,1-5H3,(H,23,24). The molecule has 1 amide bonds. The van der Waals surface area contributed by atoms with Gasteiger partial charge in [0.15, 0.2) is 6.61 Å². The van der Waals surface area contributed by atoms with Crippen LogP contribution >= 0.6 is 27.5 Å². The second-order valence-electron chi connectivity index (χ2n) is 7.15. The van der Waals surface area contributed by atoms with Crippen molar-refractivity contribution in [3.8, 4) is 5.75 Å². The van der Waals surface area contributed by atoms with E-state index in [1.54, 1.807) is 0 Å². The number of carbonyl (C=O) groups excluding carboxylic acids is 1. The molecule has 0 bridgehead atoms. The Hall–Kier alpha value is -1.52. The Morgan fingerprint density at radius 2 is 1.76 bits per heavy atom. The average molecular weight is 425 g/mol. The highest BCUT2D eigenvalue weighted by atomic mass is 79.9. The van der Waals surface area contributed by atoms with E-state index in [2.05, 4.69) is 42.0 Å². The molecule has 5 heteroatoms. The fourth-order valence-corrected chi connectivity index (χ4v) is 2.99. The smallest absolute Gasteiger partial charge is 0.262 e. The number of halogens is 2. The fraction of sp³-hybridized carbons (Fsp3) is 0.350. The van der Waals surface area contributed by atoms with Crippen molar-refractivity contribution in [3.05, 3.63) is 56.5 Å². The van der Waals surface area contributed by atoms with Gasteiger partial charge in [0.05, 0.1) is 5.69 Å². The molecule has 0 saturated carbocycles. The number of ether oxygens (including phenoxy) is 1. The van der Waals surface area contributed by atoms with E-state index in [1.807, 2.05) is 44.2 Å². The summed E-state index contributed by atoms with van der Waals surface area (Å²) < 4.78 is 6.44. The molecule has 0 heterocycles. The fourth-order valence-electron chi connectivity index (χ4n) is 2.41. The Labute approximate surface area is 162 Å². The molecule has 0 atom stereocenters. The van der Waals surface area contributed by atoms with E-state index in [-0.39, 0.29) is 17.9 Å². The summed E-state index contributed by atoms with van der Waals surface area (Å²) in [5.74, 6) is 0.422. The zero-order valence-electron chi connectivity index (χ0n) is 15.2. The van der Waals surface area contributed by atoms with E-state index in [9.17, 15) is 4.79 Å². The van der Waals surface area contributed by atoms with E-state index in [0.29, 0.717) is 5.75 Å². The maximum Gasteiger partial charge on any atom is 0.262 e. The van der Waals surface area contributed by atoms with Gasteiger partial charge in [-0.3, -0.25) is 4.79 Å². The number of benzene rings is 2. The highest BCUT2D eigenvalue weighted by molar-refractivity contribution is 9.10. The van der Waals surface area contributed by atoms with Gasteiger partial charge in [-0.1, -0.05) is 38.4 Å². The van der Waals surface area contributed by atoms with Gasteiger partial charge in [0, 0.05) is 9.50 Å². The average Bonchev–Trinajstić information content (AvgIpc) is 2.51. The molecule has 0 spiro atoms. The molecule has 0 radical (unpaired) electrons. The number of aryl methyl sites for hydroxylation is 2. The van der Waals surface area contributed by atoms with Crippen LogP contribution in [0.5, 0.6) is 5.75 Å². The van der Waals surface area contributed by atoms with Crippen LogP contribution in [0, 0.1) is 13.8 Å². The molecule has 2 aromatic rings. The third-order valence-corrected chi connectivity index (χ3v) is 5.14. The SMILES string of the molecule is Cc1cc(OCC(=O)Nc2ccc(C(C)(C)C)cc2Br)cc(C)c1Cl. The first-order valence-corrected chi connectivity index (χ1v) is 9.24. The lowest BCUT2D eigenvalue weighted by Gasteiger charge is -2.20. The molecule has 3 nitrogen and oxygen atoms in total. The highest BCUT2D eigenvalue weighted by Crippen LogP contribution is 2.30. The number of hydrogen-bond donors (Lipinski definition) is 1. The lowest BCUT2D eigenvalue weighted by molar-refractivity contribution is -0.118. The number of anilines is 1. The quantitative estimate of drug-likeness (QED) is 0.650. The molecular weight excluding hydrogens is 402 g/mol. The lowest BCUT2D eigenvalue weighted by Crippen LogP contribution is -2.20. The minimum absolute atomic E-state index is 0.0540. The summed E-state index contributed by atoms with van der Waals surface area (Å²) in [7, 11) is 0. The van der Waals surface area contributed by atoms with Crippen molar-refractivity contribution in [2.24, 2.45) is 0 Å². The molecule has 0 saturated heterocycles. The normalized spacial score (nSPS) is 11.3. The van der Waals surface area contributed by atoms with Gasteiger partial charge in [-0.2, -0.15) is 0 Å². The number of nitrogens with one attached hydrogen (secondary N) is 1. The molecule has 0 aromatic heterocycles. The number of rotatable bonds is 4. The van der Waals surface area contributed by atoms with Gasteiger partial charge < -0.3 is 10.1 Å². The van der Waals surface area contributed by atoms with E-state index < -0.39 is 0 Å². The van der Waals surface area contributed by atoms with Crippen molar-refractivity contribution < 1.29 is 9.53 Å². The Morgan fingerprint density at radius 3 is 2.28 bits per heavy atom. The second-order valence-corrected chi connectivity index (χ2v) is 8.38. The summed E-state index contributed by atoms with van der Waals surface area (Å²) in [5, 5.41) is 3.58. The Kier molecular flexibility index (Phi) is 6.17. The predicted octanol–water partition coefficient (Wildman–Crippen LogP) is 6.03. The first kappa shape index (κ1) is 19.8. The Bertz CT molecular complexity index is 774. The van der Waals surface area contributed by atoms with Gasteiger partial charge in [-0.15, -0.1) is 0 Å². The molecule has 2 aromatic carbocycles. The summed E-state index contributed by atoms with van der Waals surface area (Å²) in [4.78, 5) is 12.2. The molecule has 0 aliphatic carbocycles. The number of amides is 1. The largest absolute Gasteiger partial charge is 0.484 e. The minimum atomic E-state index is -0.213. The van der Waals surface area contributed by atoms with Crippen LogP contribution in [0.3, 0.4) is 0 Å². The highest BCUT2D eigenvalue weighted by Gasteiger charge is 2.15. The number of hydrogen-bond acceptors (Lipinski definition) is 2. The van der Waals surface area contributed by atoms with E-state index in [0.717, 1.165) is 26.3 Å². The molecule has 0 fully saturated rings. The van der Waals surface area contributed by atoms with Gasteiger partial charge in [0.25, 0.3) is 5.91 Å². The zero-order valence-corrected chi connectivity index (χ0v) is 17.5. The van der Waals surface area contributed by atoms with E-state index >= 15 is 0 Å². The van der Waals surface area contributed by atoms with Crippen molar-refractivity contribution in [2.75, 3.05) is 11.9 Å². The van der Waals surface area contributed by atoms with Gasteiger partial charge in [0.1, 0.15) is 5.75 Å². The third kappa shape index (κ3) is 5.23. The molecule has 0 unspecified atom stereocenters. The van der Waals surface area contributed by atoms with Crippen molar-refractivity contribution >= 4 is 39.1 Å². The van der Waals surface area contributed by atoms with Crippen LogP contribution in [0.2, 0.25) is 5.02 Å². The zero-order chi connectivity index (χ0) is 18.8. The van der Waals surface area contributed by atoms with Crippen molar-refractivity contribution in [1.29, 1.82) is 0 Å². The van der Waals surface area contributed by atoms with Crippen LogP contribution in [0.1, 0.15) is 37.5 Å². The van der Waals surface area contributed by atoms with Crippen LogP contribution < -0.4 is 10.1 Å². The van der Waals surface area contributed by atoms with Crippen LogP contribution in [-0.4, -0.2) is 12.5 Å². The number of carbonyl (C=O) groups is 1. The van der Waals surface area contributed by atoms with Gasteiger partial charge in [0.2, 0.25) is 0 Å². The summed E-state index contributed by atoms with van der Waals surface area (Å²) in [6.45, 7) is 10.2. The first-order chi connectivity index (χ1) is 11.6. The Morgan fingerprint density at radius 1 is 1.16 bits per heavy atom. The maximum absolute atomic E-state index is 12.2. The van der Waals surface area contributed by atoms with Crippen molar-refractivity contribution in [1.82, 2.24) is 0 Å². The molecule has 0 aliphatic heterocycles. The van der Waals surface area contributed by atoms with E-state index in [1.165, 1.54) is 5.56 Å². The van der Waals surface area contributed by atoms with Crippen LogP contribution in [0.4, 0.5) is 5.69 Å². The Balaban J connectivity index is 2.01. The van der Waals surface area contributed by atoms with Gasteiger partial charge in [-0.05, 0) is 76.1 Å². The third-order valence-electron chi connectivity index (χ3n) is 3.89. The molecule has 134 valence electrons. The monoisotopic (exact) mass is 423 g/mol. The molecule has 2 rings (SSSR count). The van der Waals surface area contributed by atoms with Crippen molar-refractivity contribution in [3.63, 3.8) is 0 Å². The summed E-state index contributed by atoms with van der Waals surface area (Å²) in [6.07, 6.45) is 0. The van der Waals surface area contributed by atoms with E-state index in [4.69, 9.17) is 16.3 Å². The van der Waals surface area contributed by atoms with Gasteiger partial charge >= 0.3 is 0 Å². The lowest BCUT2D eigenvalue weighted by atomic mass is 9.87. The first-order valence-electron chi connectivity index (χ1n) is 8.07. The summed E-state index contributed by atoms with van der Waals surface area (Å²) >= 11 is 9.66. The molecule has 1 N–H and O–H groups in total. The molecular formula is C20H23BrClNO2. The maximum atomic E-state index is 12.2. The molecule has 0 aliphatic rings. The van der Waals surface area contributed by atoms with Crippen LogP contribution in [0.15, 0.2) is 34.8 Å². The summed E-state index contributed by atoms with van der Waals surface area (Å²) in [6, 6.07) is 9.61. The predicted molar refractivity (Wildman–Crippen MR) is 108 cm³/mol. The van der Waals surface area contributed by atoms with Crippen LogP contribution in [0.25, 0.3) is 0 Å².